The molecule has 0 unspecified atom stereocenters. The van der Waals surface area contributed by atoms with E-state index in [0.717, 1.165) is 6.61 Å². The normalized spacial score (nSPS) is 11.6. The van der Waals surface area contributed by atoms with Gasteiger partial charge in [-0.25, -0.2) is 6.61 Å². The molecule has 0 aliphatic heterocycles. The zero-order chi connectivity index (χ0) is 9.40. The van der Waals surface area contributed by atoms with Crippen molar-refractivity contribution in [2.75, 3.05) is 6.61 Å². The summed E-state index contributed by atoms with van der Waals surface area (Å²) < 4.78 is 9.80. The fourth-order valence-electron chi connectivity index (χ4n) is 0.531. The number of hydrogen-bond donors (Lipinski definition) is 0. The van der Waals surface area contributed by atoms with Crippen molar-refractivity contribution in [1.82, 2.24) is 0 Å². The van der Waals surface area contributed by atoms with Crippen LogP contribution in [0.5, 0.6) is 0 Å². The fourth-order valence-corrected chi connectivity index (χ4v) is 0.531. The van der Waals surface area contributed by atoms with E-state index in [2.05, 4.69) is 0 Å². The van der Waals surface area contributed by atoms with E-state index in [4.69, 9.17) is 9.47 Å². The van der Waals surface area contributed by atoms with Crippen LogP contribution in [0.15, 0.2) is 0 Å². The van der Waals surface area contributed by atoms with Gasteiger partial charge < -0.3 is 19.1 Å². The van der Waals surface area contributed by atoms with E-state index in [0.29, 0.717) is 12.6 Å². The number of aldehydes is 2. The molecule has 4 nitrogen and oxygen atoms in total. The summed E-state index contributed by atoms with van der Waals surface area (Å²) in [4.78, 5) is 20.1. The van der Waals surface area contributed by atoms with Gasteiger partial charge in [-0.15, -0.1) is 0 Å². The van der Waals surface area contributed by atoms with Crippen LogP contribution in [0.3, 0.4) is 0 Å². The summed E-state index contributed by atoms with van der Waals surface area (Å²) in [7, 11) is 0. The van der Waals surface area contributed by atoms with E-state index < -0.39 is 6.10 Å². The molecule has 0 aliphatic carbocycles. The second-order valence-electron chi connectivity index (χ2n) is 2.46. The van der Waals surface area contributed by atoms with E-state index in [9.17, 15) is 9.59 Å². The first-order chi connectivity index (χ1) is 5.70. The second kappa shape index (κ2) is 10.3. The third-order valence-corrected chi connectivity index (χ3v) is 1.05. The molecule has 0 N–H and O–H groups in total. The second-order valence-corrected chi connectivity index (χ2v) is 2.46. The largest absolute Gasteiger partial charge is 0.517 e. The molecule has 74 valence electrons. The van der Waals surface area contributed by atoms with Crippen molar-refractivity contribution in [2.45, 2.75) is 26.1 Å². The van der Waals surface area contributed by atoms with Crippen LogP contribution in [-0.2, 0) is 19.1 Å². The van der Waals surface area contributed by atoms with E-state index in [1.807, 2.05) is 13.8 Å². The van der Waals surface area contributed by atoms with Gasteiger partial charge in [-0.2, -0.15) is 0 Å². The molecule has 13 heavy (non-hydrogen) atoms. The fraction of sp³-hybridized carbons (Fsp3) is 0.625. The van der Waals surface area contributed by atoms with Gasteiger partial charge in [-0.1, -0.05) is 0 Å². The van der Waals surface area contributed by atoms with Crippen molar-refractivity contribution < 1.29 is 50.2 Å². The van der Waals surface area contributed by atoms with E-state index in [1.165, 1.54) is 0 Å². The molecular formula is C8H13O4U-. The standard InChI is InChI=1S/C8H13O4.U/c1-7(2)12-6-8(5-10)11-4-3-9;/h3-5,7-8H,6H2,1-2H3;/q-1;/t8-;/m0./s1. The summed E-state index contributed by atoms with van der Waals surface area (Å²) in [6.45, 7) is 4.81. The Morgan fingerprint density at radius 2 is 2.00 bits per heavy atom. The minimum absolute atomic E-state index is 0. The van der Waals surface area contributed by atoms with Crippen LogP contribution < -0.4 is 0 Å². The van der Waals surface area contributed by atoms with E-state index in [-0.39, 0.29) is 43.8 Å². The Bertz CT molecular complexity index is 138. The molecule has 5 heteroatoms. The van der Waals surface area contributed by atoms with E-state index in [1.54, 1.807) is 0 Å². The smallest absolute Gasteiger partial charge is 0.148 e. The molecule has 0 saturated carbocycles. The van der Waals surface area contributed by atoms with Gasteiger partial charge in [0, 0.05) is 37.4 Å². The number of hydrogen-bond acceptors (Lipinski definition) is 4. The molecule has 0 radical (unpaired) electrons. The predicted octanol–water partition coefficient (Wildman–Crippen LogP) is 0.356. The zero-order valence-corrected chi connectivity index (χ0v) is 11.9. The van der Waals surface area contributed by atoms with Crippen molar-refractivity contribution in [2.24, 2.45) is 0 Å². The summed E-state index contributed by atoms with van der Waals surface area (Å²) in [5.41, 5.74) is 0. The summed E-state index contributed by atoms with van der Waals surface area (Å²) >= 11 is 0. The number of rotatable bonds is 7. The van der Waals surface area contributed by atoms with Crippen molar-refractivity contribution in [3.8, 4) is 0 Å². The van der Waals surface area contributed by atoms with Gasteiger partial charge in [0.15, 0.2) is 0 Å². The minimum atomic E-state index is -0.683. The third-order valence-electron chi connectivity index (χ3n) is 1.05. The predicted molar refractivity (Wildman–Crippen MR) is 42.4 cm³/mol. The average molecular weight is 411 g/mol. The number of ether oxygens (including phenoxy) is 2. The maximum absolute atomic E-state index is 10.3. The number of carbonyl (C=O) groups is 2. The van der Waals surface area contributed by atoms with Gasteiger partial charge in [-0.3, -0.25) is 0 Å². The summed E-state index contributed by atoms with van der Waals surface area (Å²) in [6, 6.07) is 0. The van der Waals surface area contributed by atoms with Crippen molar-refractivity contribution >= 4 is 12.6 Å². The van der Waals surface area contributed by atoms with Gasteiger partial charge in [-0.05, 0) is 13.8 Å². The first-order valence-electron chi connectivity index (χ1n) is 3.70. The molecule has 0 saturated heterocycles. The first kappa shape index (κ1) is 15.6. The molecule has 0 fully saturated rings. The molecule has 1 atom stereocenters. The van der Waals surface area contributed by atoms with Crippen LogP contribution in [-0.4, -0.2) is 31.4 Å². The molecule has 0 bridgehead atoms. The molecule has 0 rings (SSSR count). The molecule has 0 aliphatic rings. The zero-order valence-electron chi connectivity index (χ0n) is 7.73. The molecule has 0 aromatic heterocycles. The van der Waals surface area contributed by atoms with Crippen LogP contribution in [0.4, 0.5) is 0 Å². The Morgan fingerprint density at radius 1 is 1.38 bits per heavy atom. The minimum Gasteiger partial charge on any atom is -0.517 e. The van der Waals surface area contributed by atoms with Crippen LogP contribution >= 0.6 is 0 Å². The summed E-state index contributed by atoms with van der Waals surface area (Å²) in [5, 5.41) is 0. The molecule has 0 aromatic rings. The monoisotopic (exact) mass is 411 g/mol. The van der Waals surface area contributed by atoms with Gasteiger partial charge >= 0.3 is 0 Å². The van der Waals surface area contributed by atoms with Crippen molar-refractivity contribution in [3.05, 3.63) is 6.61 Å². The van der Waals surface area contributed by atoms with Crippen LogP contribution in [0, 0.1) is 37.7 Å². The maximum atomic E-state index is 10.3. The molecule has 0 heterocycles. The van der Waals surface area contributed by atoms with Gasteiger partial charge in [0.05, 0.1) is 12.7 Å². The Morgan fingerprint density at radius 3 is 2.38 bits per heavy atom. The first-order valence-corrected chi connectivity index (χ1v) is 3.70. The van der Waals surface area contributed by atoms with Crippen LogP contribution in [0.2, 0.25) is 0 Å². The van der Waals surface area contributed by atoms with Crippen LogP contribution in [0.25, 0.3) is 0 Å². The molecule has 0 aromatic carbocycles. The summed E-state index contributed by atoms with van der Waals surface area (Å²) in [5.74, 6) is 0. The van der Waals surface area contributed by atoms with Gasteiger partial charge in [0.25, 0.3) is 0 Å². The van der Waals surface area contributed by atoms with Crippen LogP contribution in [0.1, 0.15) is 13.8 Å². The SMILES string of the molecule is CC(C)OC[C@H](C=O)O[CH-]C=O.[U]. The Kier molecular flexibility index (Phi) is 12.4. The van der Waals surface area contributed by atoms with Crippen molar-refractivity contribution in [3.63, 3.8) is 0 Å². The quantitative estimate of drug-likeness (QED) is 0.449. The number of carbonyl (C=O) groups excluding carboxylic acids is 2. The maximum Gasteiger partial charge on any atom is 0.148 e. The van der Waals surface area contributed by atoms with E-state index >= 15 is 0 Å². The topological polar surface area (TPSA) is 52.6 Å². The third kappa shape index (κ3) is 10.1. The van der Waals surface area contributed by atoms with Gasteiger partial charge in [0.2, 0.25) is 0 Å². The molecular weight excluding hydrogens is 398 g/mol. The average Bonchev–Trinajstić information content (AvgIpc) is 2.05. The Balaban J connectivity index is 0. The molecule has 0 amide bonds. The molecule has 0 spiro atoms. The Labute approximate surface area is 102 Å². The Hall–Kier alpha value is 0.182. The summed E-state index contributed by atoms with van der Waals surface area (Å²) in [6.07, 6.45) is 0.443. The van der Waals surface area contributed by atoms with Crippen molar-refractivity contribution in [1.29, 1.82) is 0 Å². The van der Waals surface area contributed by atoms with Gasteiger partial charge in [0.1, 0.15) is 12.4 Å².